The molecule has 1 aromatic rings. The number of carboxylic acids is 1. The van der Waals surface area contributed by atoms with E-state index in [0.717, 1.165) is 31.5 Å². The van der Waals surface area contributed by atoms with E-state index >= 15 is 0 Å². The molecule has 0 saturated carbocycles. The van der Waals surface area contributed by atoms with E-state index in [9.17, 15) is 9.59 Å². The second-order valence-corrected chi connectivity index (χ2v) is 5.03. The Bertz CT molecular complexity index is 467. The number of carbonyl (C=O) groups is 2. The first-order valence-corrected chi connectivity index (χ1v) is 6.81. The lowest BCUT2D eigenvalue weighted by molar-refractivity contribution is -0.121. The second-order valence-electron chi connectivity index (χ2n) is 5.03. The first-order chi connectivity index (χ1) is 9.65. The van der Waals surface area contributed by atoms with Crippen LogP contribution < -0.4 is 10.6 Å². The summed E-state index contributed by atoms with van der Waals surface area (Å²) in [5.41, 5.74) is 0.805. The number of hydrogen-bond donors (Lipinski definition) is 3. The molecule has 6 nitrogen and oxygen atoms in total. The molecule has 1 fully saturated rings. The fourth-order valence-corrected chi connectivity index (χ4v) is 2.24. The lowest BCUT2D eigenvalue weighted by atomic mass is 10.0. The van der Waals surface area contributed by atoms with Gasteiger partial charge in [0.25, 0.3) is 0 Å². The van der Waals surface area contributed by atoms with Gasteiger partial charge in [-0.15, -0.1) is 0 Å². The van der Waals surface area contributed by atoms with Crippen molar-refractivity contribution in [3.63, 3.8) is 0 Å². The Kier molecular flexibility index (Phi) is 5.06. The Morgan fingerprint density at radius 1 is 1.45 bits per heavy atom. The predicted octanol–water partition coefficient (Wildman–Crippen LogP) is 0.786. The van der Waals surface area contributed by atoms with Crippen LogP contribution in [0.25, 0.3) is 0 Å². The highest BCUT2D eigenvalue weighted by molar-refractivity contribution is 5.85. The molecule has 1 aromatic heterocycles. The molecule has 20 heavy (non-hydrogen) atoms. The first kappa shape index (κ1) is 14.5. The normalized spacial score (nSPS) is 17.9. The first-order valence-electron chi connectivity index (χ1n) is 6.81. The minimum Gasteiger partial charge on any atom is -0.477 e. The molecule has 2 rings (SSSR count). The number of carbonyl (C=O) groups excluding carboxylic acids is 1. The van der Waals surface area contributed by atoms with Crippen molar-refractivity contribution in [2.24, 2.45) is 5.92 Å². The summed E-state index contributed by atoms with van der Waals surface area (Å²) in [4.78, 5) is 26.2. The van der Waals surface area contributed by atoms with Crippen molar-refractivity contribution in [3.8, 4) is 0 Å². The average Bonchev–Trinajstić information content (AvgIpc) is 2.96. The third-order valence-electron chi connectivity index (χ3n) is 3.48. The Labute approximate surface area is 117 Å². The quantitative estimate of drug-likeness (QED) is 0.715. The maximum Gasteiger partial charge on any atom is 0.354 e. The molecule has 1 aliphatic rings. The van der Waals surface area contributed by atoms with Gasteiger partial charge in [-0.25, -0.2) is 9.78 Å². The zero-order valence-corrected chi connectivity index (χ0v) is 11.3. The van der Waals surface area contributed by atoms with Crippen molar-refractivity contribution in [1.82, 2.24) is 15.6 Å². The molecule has 0 bridgehead atoms. The van der Waals surface area contributed by atoms with E-state index in [1.165, 1.54) is 12.3 Å². The molecule has 3 N–H and O–H groups in total. The monoisotopic (exact) mass is 277 g/mol. The molecule has 0 radical (unpaired) electrons. The highest BCUT2D eigenvalue weighted by Gasteiger charge is 2.15. The summed E-state index contributed by atoms with van der Waals surface area (Å²) in [5, 5.41) is 14.8. The number of carboxylic acid groups (broad SMARTS) is 1. The number of amides is 1. The Morgan fingerprint density at radius 3 is 2.90 bits per heavy atom. The Hall–Kier alpha value is -1.95. The van der Waals surface area contributed by atoms with E-state index in [-0.39, 0.29) is 11.6 Å². The number of hydrogen-bond acceptors (Lipinski definition) is 4. The van der Waals surface area contributed by atoms with Crippen LogP contribution in [0, 0.1) is 5.92 Å². The smallest absolute Gasteiger partial charge is 0.354 e. The molecule has 1 unspecified atom stereocenters. The lowest BCUT2D eigenvalue weighted by Gasteiger charge is -2.08. The molecule has 0 spiro atoms. The summed E-state index contributed by atoms with van der Waals surface area (Å²) in [6.45, 7) is 2.44. The van der Waals surface area contributed by atoms with Crippen molar-refractivity contribution in [1.29, 1.82) is 0 Å². The van der Waals surface area contributed by atoms with Crippen LogP contribution in [0.2, 0.25) is 0 Å². The van der Waals surface area contributed by atoms with Crippen LogP contribution in [-0.4, -0.2) is 35.1 Å². The van der Waals surface area contributed by atoms with Gasteiger partial charge >= 0.3 is 5.97 Å². The van der Waals surface area contributed by atoms with Crippen LogP contribution in [0.3, 0.4) is 0 Å². The van der Waals surface area contributed by atoms with Crippen LogP contribution in [0.1, 0.15) is 35.3 Å². The molecule has 0 aliphatic carbocycles. The maximum absolute atomic E-state index is 11.7. The number of nitrogens with one attached hydrogen (secondary N) is 2. The molecule has 1 saturated heterocycles. The van der Waals surface area contributed by atoms with Gasteiger partial charge in [-0.3, -0.25) is 4.79 Å². The molecule has 1 atom stereocenters. The van der Waals surface area contributed by atoms with Gasteiger partial charge in [0.05, 0.1) is 0 Å². The highest BCUT2D eigenvalue weighted by Crippen LogP contribution is 2.14. The summed E-state index contributed by atoms with van der Waals surface area (Å²) < 4.78 is 0. The summed E-state index contributed by atoms with van der Waals surface area (Å²) >= 11 is 0. The second kappa shape index (κ2) is 7.00. The van der Waals surface area contributed by atoms with Crippen molar-refractivity contribution in [2.45, 2.75) is 25.8 Å². The van der Waals surface area contributed by atoms with E-state index in [4.69, 9.17) is 5.11 Å². The molecule has 1 amide bonds. The third kappa shape index (κ3) is 4.31. The van der Waals surface area contributed by atoms with Crippen LogP contribution >= 0.6 is 0 Å². The number of nitrogens with zero attached hydrogens (tertiary/aromatic N) is 1. The van der Waals surface area contributed by atoms with Crippen LogP contribution in [0.15, 0.2) is 18.3 Å². The minimum atomic E-state index is -1.05. The number of rotatable bonds is 6. The van der Waals surface area contributed by atoms with Crippen molar-refractivity contribution >= 4 is 11.9 Å². The zero-order valence-electron chi connectivity index (χ0n) is 11.3. The molecule has 0 aromatic carbocycles. The van der Waals surface area contributed by atoms with Crippen LogP contribution in [-0.2, 0) is 11.3 Å². The Balaban J connectivity index is 1.70. The van der Waals surface area contributed by atoms with Gasteiger partial charge in [0.1, 0.15) is 5.69 Å². The molecular weight excluding hydrogens is 258 g/mol. The summed E-state index contributed by atoms with van der Waals surface area (Å²) in [6, 6.07) is 3.10. The predicted molar refractivity (Wildman–Crippen MR) is 73.3 cm³/mol. The molecule has 108 valence electrons. The fourth-order valence-electron chi connectivity index (χ4n) is 2.24. The van der Waals surface area contributed by atoms with Gasteiger partial charge in [-0.1, -0.05) is 6.07 Å². The van der Waals surface area contributed by atoms with Gasteiger partial charge in [-0.05, 0) is 43.5 Å². The molecule has 2 heterocycles. The summed E-state index contributed by atoms with van der Waals surface area (Å²) in [6.07, 6.45) is 4.07. The van der Waals surface area contributed by atoms with E-state index in [0.29, 0.717) is 18.9 Å². The SMILES string of the molecule is O=C(CCC1CCNC1)NCc1ccc(C(=O)O)nc1. The van der Waals surface area contributed by atoms with E-state index in [1.54, 1.807) is 6.07 Å². The minimum absolute atomic E-state index is 0.00816. The average molecular weight is 277 g/mol. The summed E-state index contributed by atoms with van der Waals surface area (Å²) in [7, 11) is 0. The number of aromatic carboxylic acids is 1. The molecule has 1 aliphatic heterocycles. The fraction of sp³-hybridized carbons (Fsp3) is 0.500. The molecule has 6 heteroatoms. The number of pyridine rings is 1. The highest BCUT2D eigenvalue weighted by atomic mass is 16.4. The van der Waals surface area contributed by atoms with Crippen molar-refractivity contribution in [3.05, 3.63) is 29.6 Å². The van der Waals surface area contributed by atoms with E-state index in [1.807, 2.05) is 0 Å². The zero-order chi connectivity index (χ0) is 14.4. The van der Waals surface area contributed by atoms with Gasteiger partial charge in [0.15, 0.2) is 0 Å². The van der Waals surface area contributed by atoms with Crippen molar-refractivity contribution in [2.75, 3.05) is 13.1 Å². The third-order valence-corrected chi connectivity index (χ3v) is 3.48. The van der Waals surface area contributed by atoms with E-state index in [2.05, 4.69) is 15.6 Å². The largest absolute Gasteiger partial charge is 0.477 e. The lowest BCUT2D eigenvalue weighted by Crippen LogP contribution is -2.23. The van der Waals surface area contributed by atoms with Gasteiger partial charge in [-0.2, -0.15) is 0 Å². The summed E-state index contributed by atoms with van der Waals surface area (Å²) in [5.74, 6) is -0.415. The van der Waals surface area contributed by atoms with Gasteiger partial charge in [0.2, 0.25) is 5.91 Å². The van der Waals surface area contributed by atoms with Crippen LogP contribution in [0.4, 0.5) is 0 Å². The van der Waals surface area contributed by atoms with Crippen LogP contribution in [0.5, 0.6) is 0 Å². The number of aromatic nitrogens is 1. The topological polar surface area (TPSA) is 91.3 Å². The van der Waals surface area contributed by atoms with Crippen molar-refractivity contribution < 1.29 is 14.7 Å². The standard InChI is InChI=1S/C14H19N3O3/c18-13(4-2-10-5-6-15-7-10)17-9-11-1-3-12(14(19)20)16-8-11/h1,3,8,10,15H,2,4-7,9H2,(H,17,18)(H,19,20). The van der Waals surface area contributed by atoms with E-state index < -0.39 is 5.97 Å². The Morgan fingerprint density at radius 2 is 2.30 bits per heavy atom. The maximum atomic E-state index is 11.7. The van der Waals surface area contributed by atoms with Gasteiger partial charge < -0.3 is 15.7 Å². The van der Waals surface area contributed by atoms with Gasteiger partial charge in [0, 0.05) is 19.2 Å². The molecular formula is C14H19N3O3.